The maximum atomic E-state index is 12.8. The number of hydrogen-bond donors (Lipinski definition) is 2. The van der Waals surface area contributed by atoms with Crippen LogP contribution < -0.4 is 25.3 Å². The van der Waals surface area contributed by atoms with Gasteiger partial charge in [0.1, 0.15) is 5.00 Å². The fourth-order valence-corrected chi connectivity index (χ4v) is 5.45. The van der Waals surface area contributed by atoms with Crippen LogP contribution >= 0.6 is 23.1 Å². The molecular formula is C23H27N5O7S2. The minimum atomic E-state index is -0.696. The summed E-state index contributed by atoms with van der Waals surface area (Å²) in [6, 6.07) is 3.53. The van der Waals surface area contributed by atoms with Crippen molar-refractivity contribution >= 4 is 45.9 Å². The molecular weight excluding hydrogens is 522 g/mol. The Morgan fingerprint density at radius 1 is 1.08 bits per heavy atom. The summed E-state index contributed by atoms with van der Waals surface area (Å²) in [5, 5.41) is 11.9. The smallest absolute Gasteiger partial charge is 0.341 e. The number of thioether (sulfide) groups is 1. The van der Waals surface area contributed by atoms with Gasteiger partial charge in [0.05, 0.1) is 44.6 Å². The molecule has 3 rings (SSSR count). The number of nitrogens with zero attached hydrogens (tertiary/aromatic N) is 3. The third-order valence-electron chi connectivity index (χ3n) is 5.30. The molecule has 3 aromatic rings. The number of methoxy groups -OCH3 is 4. The van der Waals surface area contributed by atoms with Crippen LogP contribution in [0.2, 0.25) is 0 Å². The zero-order valence-electron chi connectivity index (χ0n) is 21.2. The van der Waals surface area contributed by atoms with Crippen LogP contribution in [-0.4, -0.2) is 66.7 Å². The van der Waals surface area contributed by atoms with E-state index in [0.29, 0.717) is 45.9 Å². The fourth-order valence-electron chi connectivity index (χ4n) is 3.58. The van der Waals surface area contributed by atoms with Gasteiger partial charge in [-0.1, -0.05) is 11.8 Å². The number of rotatable bonds is 11. The molecule has 0 aliphatic heterocycles. The number of primary amides is 1. The summed E-state index contributed by atoms with van der Waals surface area (Å²) in [4.78, 5) is 36.9. The molecule has 0 radical (unpaired) electrons. The minimum Gasteiger partial charge on any atom is -0.493 e. The summed E-state index contributed by atoms with van der Waals surface area (Å²) in [6.07, 6.45) is 0. The van der Waals surface area contributed by atoms with Gasteiger partial charge >= 0.3 is 5.97 Å². The van der Waals surface area contributed by atoms with Gasteiger partial charge in [0.15, 0.2) is 22.5 Å². The van der Waals surface area contributed by atoms with Crippen LogP contribution in [-0.2, 0) is 16.1 Å². The molecule has 0 unspecified atom stereocenters. The Labute approximate surface area is 221 Å². The first-order valence-corrected chi connectivity index (χ1v) is 12.7. The minimum absolute atomic E-state index is 0.0309. The van der Waals surface area contributed by atoms with Crippen LogP contribution in [0.1, 0.15) is 32.5 Å². The van der Waals surface area contributed by atoms with Gasteiger partial charge in [0.2, 0.25) is 11.7 Å². The summed E-state index contributed by atoms with van der Waals surface area (Å²) in [7, 11) is 5.79. The summed E-state index contributed by atoms with van der Waals surface area (Å²) < 4.78 is 22.9. The molecule has 0 bridgehead atoms. The molecule has 0 aliphatic carbocycles. The van der Waals surface area contributed by atoms with E-state index in [9.17, 15) is 14.4 Å². The molecule has 2 heterocycles. The molecule has 0 saturated heterocycles. The summed E-state index contributed by atoms with van der Waals surface area (Å²) in [6.45, 7) is 4.03. The Morgan fingerprint density at radius 3 is 2.24 bits per heavy atom. The SMILES string of the molecule is CCn1c(SCC(=O)Nc2sc(C(N)=O)c(C)c2C(=O)OC)nnc1-c1cc(OC)c(OC)c(OC)c1. The highest BCUT2D eigenvalue weighted by Crippen LogP contribution is 2.41. The van der Waals surface area contributed by atoms with Crippen molar-refractivity contribution in [3.05, 3.63) is 28.1 Å². The Morgan fingerprint density at radius 2 is 1.73 bits per heavy atom. The predicted octanol–water partition coefficient (Wildman–Crippen LogP) is 2.98. The summed E-state index contributed by atoms with van der Waals surface area (Å²) >= 11 is 2.09. The van der Waals surface area contributed by atoms with Crippen molar-refractivity contribution in [2.45, 2.75) is 25.5 Å². The van der Waals surface area contributed by atoms with Crippen LogP contribution in [0.4, 0.5) is 5.00 Å². The number of carbonyl (C=O) groups excluding carboxylic acids is 3. The van der Waals surface area contributed by atoms with E-state index < -0.39 is 17.8 Å². The molecule has 3 N–H and O–H groups in total. The maximum Gasteiger partial charge on any atom is 0.341 e. The highest BCUT2D eigenvalue weighted by Gasteiger charge is 2.26. The summed E-state index contributed by atoms with van der Waals surface area (Å²) in [5.41, 5.74) is 6.54. The Hall–Kier alpha value is -3.78. The molecule has 198 valence electrons. The van der Waals surface area contributed by atoms with E-state index in [4.69, 9.17) is 24.7 Å². The second-order valence-electron chi connectivity index (χ2n) is 7.42. The van der Waals surface area contributed by atoms with Crippen LogP contribution in [0.5, 0.6) is 17.2 Å². The van der Waals surface area contributed by atoms with Crippen molar-refractivity contribution < 1.29 is 33.3 Å². The number of benzene rings is 1. The van der Waals surface area contributed by atoms with Crippen molar-refractivity contribution in [2.75, 3.05) is 39.5 Å². The zero-order chi connectivity index (χ0) is 27.3. The topological polar surface area (TPSA) is 157 Å². The average molecular weight is 550 g/mol. The lowest BCUT2D eigenvalue weighted by Crippen LogP contribution is -2.16. The van der Waals surface area contributed by atoms with Gasteiger partial charge in [0, 0.05) is 12.1 Å². The molecule has 14 heteroatoms. The van der Waals surface area contributed by atoms with Crippen LogP contribution in [0.15, 0.2) is 17.3 Å². The fraction of sp³-hybridized carbons (Fsp3) is 0.348. The number of anilines is 1. The normalized spacial score (nSPS) is 10.6. The molecule has 37 heavy (non-hydrogen) atoms. The second-order valence-corrected chi connectivity index (χ2v) is 9.38. The van der Waals surface area contributed by atoms with Crippen LogP contribution in [0, 0.1) is 6.92 Å². The van der Waals surface area contributed by atoms with E-state index in [1.54, 1.807) is 19.1 Å². The van der Waals surface area contributed by atoms with E-state index in [-0.39, 0.29) is 21.2 Å². The first-order valence-electron chi connectivity index (χ1n) is 10.9. The number of nitrogens with one attached hydrogen (secondary N) is 1. The van der Waals surface area contributed by atoms with E-state index in [2.05, 4.69) is 15.5 Å². The Bertz CT molecular complexity index is 1310. The number of thiophene rings is 1. The van der Waals surface area contributed by atoms with Crippen molar-refractivity contribution in [3.8, 4) is 28.6 Å². The van der Waals surface area contributed by atoms with Crippen LogP contribution in [0.3, 0.4) is 0 Å². The van der Waals surface area contributed by atoms with E-state index in [0.717, 1.165) is 11.3 Å². The molecule has 0 aliphatic rings. The number of amides is 2. The number of esters is 1. The molecule has 1 aromatic carbocycles. The van der Waals surface area contributed by atoms with E-state index >= 15 is 0 Å². The molecule has 0 spiro atoms. The number of hydrogen-bond acceptors (Lipinski definition) is 11. The Kier molecular flexibility index (Phi) is 8.99. The largest absolute Gasteiger partial charge is 0.493 e. The monoisotopic (exact) mass is 549 g/mol. The first-order chi connectivity index (χ1) is 17.7. The lowest BCUT2D eigenvalue weighted by molar-refractivity contribution is -0.113. The van der Waals surface area contributed by atoms with Gasteiger partial charge in [-0.2, -0.15) is 0 Å². The molecule has 2 amide bonds. The molecule has 0 atom stereocenters. The number of aromatic nitrogens is 3. The predicted molar refractivity (Wildman–Crippen MR) is 139 cm³/mol. The molecule has 2 aromatic heterocycles. The van der Waals surface area contributed by atoms with Gasteiger partial charge < -0.3 is 34.6 Å². The number of ether oxygens (including phenoxy) is 4. The van der Waals surface area contributed by atoms with Gasteiger partial charge in [-0.25, -0.2) is 4.79 Å². The third kappa shape index (κ3) is 5.64. The van der Waals surface area contributed by atoms with Crippen LogP contribution in [0.25, 0.3) is 11.4 Å². The van der Waals surface area contributed by atoms with Crippen molar-refractivity contribution in [2.24, 2.45) is 5.73 Å². The third-order valence-corrected chi connectivity index (χ3v) is 7.49. The van der Waals surface area contributed by atoms with E-state index in [1.165, 1.54) is 40.2 Å². The molecule has 0 saturated carbocycles. The van der Waals surface area contributed by atoms with Gasteiger partial charge in [-0.3, -0.25) is 9.59 Å². The standard InChI is InChI=1S/C23H27N5O7S2/c1-7-28-20(12-8-13(32-3)17(34-5)14(9-12)33-4)26-27-23(28)36-10-15(29)25-21-16(22(31)35-6)11(2)18(37-21)19(24)30/h8-9H,7,10H2,1-6H3,(H2,24,30)(H,25,29). The average Bonchev–Trinajstić information content (AvgIpc) is 3.46. The lowest BCUT2D eigenvalue weighted by atomic mass is 10.1. The quantitative estimate of drug-likeness (QED) is 0.269. The second kappa shape index (κ2) is 12.0. The lowest BCUT2D eigenvalue weighted by Gasteiger charge is -2.14. The zero-order valence-corrected chi connectivity index (χ0v) is 22.8. The maximum absolute atomic E-state index is 12.8. The van der Waals surface area contributed by atoms with E-state index in [1.807, 2.05) is 11.5 Å². The van der Waals surface area contributed by atoms with Gasteiger partial charge in [0.25, 0.3) is 5.91 Å². The molecule has 0 fully saturated rings. The van der Waals surface area contributed by atoms with Crippen molar-refractivity contribution in [1.29, 1.82) is 0 Å². The first kappa shape index (κ1) is 27.8. The van der Waals surface area contributed by atoms with Crippen molar-refractivity contribution in [1.82, 2.24) is 14.8 Å². The van der Waals surface area contributed by atoms with Gasteiger partial charge in [-0.15, -0.1) is 21.5 Å². The Balaban J connectivity index is 1.83. The summed E-state index contributed by atoms with van der Waals surface area (Å²) in [5.74, 6) is 0.139. The van der Waals surface area contributed by atoms with Gasteiger partial charge in [-0.05, 0) is 31.5 Å². The van der Waals surface area contributed by atoms with Crippen molar-refractivity contribution in [3.63, 3.8) is 0 Å². The highest BCUT2D eigenvalue weighted by atomic mass is 32.2. The number of carbonyl (C=O) groups is 3. The highest BCUT2D eigenvalue weighted by molar-refractivity contribution is 7.99. The number of nitrogens with two attached hydrogens (primary N) is 1. The molecule has 12 nitrogen and oxygen atoms in total.